The van der Waals surface area contributed by atoms with Crippen LogP contribution in [0.2, 0.25) is 0 Å². The van der Waals surface area contributed by atoms with Crippen LogP contribution in [0.4, 0.5) is 0 Å². The van der Waals surface area contributed by atoms with Gasteiger partial charge in [0, 0.05) is 12.1 Å². The molecule has 0 amide bonds. The summed E-state index contributed by atoms with van der Waals surface area (Å²) in [5.74, 6) is 0. The van der Waals surface area contributed by atoms with Crippen LogP contribution in [0, 0.1) is 0 Å². The van der Waals surface area contributed by atoms with Crippen molar-refractivity contribution in [1.29, 1.82) is 0 Å². The molecule has 64 valence electrons. The molecule has 0 unspecified atom stereocenters. The number of oxime groups is 1. The first-order valence-corrected chi connectivity index (χ1v) is 3.93. The van der Waals surface area contributed by atoms with Crippen molar-refractivity contribution in [2.45, 2.75) is 13.5 Å². The van der Waals surface area contributed by atoms with Gasteiger partial charge in [-0.05, 0) is 13.0 Å². The molecule has 0 saturated heterocycles. The molecule has 0 aromatic carbocycles. The second kappa shape index (κ2) is 4.49. The molecule has 1 aromatic rings. The minimum atomic E-state index is 0.936. The SMILES string of the molecule is CC[n+]1ccccc1C=NOC. The molecule has 3 heteroatoms. The molecule has 0 saturated carbocycles. The van der Waals surface area contributed by atoms with Crippen molar-refractivity contribution >= 4 is 6.21 Å². The van der Waals surface area contributed by atoms with Crippen LogP contribution in [0.15, 0.2) is 29.6 Å². The van der Waals surface area contributed by atoms with Crippen LogP contribution in [0.1, 0.15) is 12.6 Å². The number of aryl methyl sites for hydroxylation is 1. The van der Waals surface area contributed by atoms with Crippen LogP contribution in [0.3, 0.4) is 0 Å². The van der Waals surface area contributed by atoms with E-state index in [0.29, 0.717) is 0 Å². The van der Waals surface area contributed by atoms with E-state index in [4.69, 9.17) is 0 Å². The van der Waals surface area contributed by atoms with Gasteiger partial charge in [0.2, 0.25) is 5.69 Å². The van der Waals surface area contributed by atoms with Crippen LogP contribution < -0.4 is 4.57 Å². The van der Waals surface area contributed by atoms with Gasteiger partial charge in [-0.1, -0.05) is 5.16 Å². The fraction of sp³-hybridized carbons (Fsp3) is 0.333. The van der Waals surface area contributed by atoms with Crippen molar-refractivity contribution in [3.63, 3.8) is 0 Å². The molecule has 0 fully saturated rings. The lowest BCUT2D eigenvalue weighted by Crippen LogP contribution is -2.36. The normalized spacial score (nSPS) is 10.5. The quantitative estimate of drug-likeness (QED) is 0.372. The molecule has 0 aliphatic rings. The van der Waals surface area contributed by atoms with Gasteiger partial charge in [-0.25, -0.2) is 0 Å². The summed E-state index contributed by atoms with van der Waals surface area (Å²) < 4.78 is 2.09. The third-order valence-electron chi connectivity index (χ3n) is 1.61. The summed E-state index contributed by atoms with van der Waals surface area (Å²) in [6.45, 7) is 3.02. The molecule has 0 N–H and O–H groups in total. The first kappa shape index (κ1) is 8.71. The Labute approximate surface area is 72.3 Å². The Morgan fingerprint density at radius 3 is 3.08 bits per heavy atom. The number of pyridine rings is 1. The van der Waals surface area contributed by atoms with Crippen molar-refractivity contribution in [1.82, 2.24) is 0 Å². The molecule has 1 rings (SSSR count). The second-order valence-corrected chi connectivity index (χ2v) is 2.33. The maximum Gasteiger partial charge on any atom is 0.227 e. The predicted octanol–water partition coefficient (Wildman–Crippen LogP) is 0.974. The topological polar surface area (TPSA) is 25.5 Å². The van der Waals surface area contributed by atoms with E-state index in [9.17, 15) is 0 Å². The predicted molar refractivity (Wildman–Crippen MR) is 46.9 cm³/mol. The molecule has 0 spiro atoms. The van der Waals surface area contributed by atoms with Gasteiger partial charge in [0.25, 0.3) is 0 Å². The van der Waals surface area contributed by atoms with E-state index >= 15 is 0 Å². The van der Waals surface area contributed by atoms with Crippen LogP contribution in [-0.2, 0) is 11.4 Å². The molecule has 0 bridgehead atoms. The highest BCUT2D eigenvalue weighted by molar-refractivity contribution is 5.74. The second-order valence-electron chi connectivity index (χ2n) is 2.33. The van der Waals surface area contributed by atoms with E-state index in [0.717, 1.165) is 12.2 Å². The minimum absolute atomic E-state index is 0.936. The fourth-order valence-corrected chi connectivity index (χ4v) is 1.00. The zero-order chi connectivity index (χ0) is 8.81. The van der Waals surface area contributed by atoms with Gasteiger partial charge in [-0.2, -0.15) is 4.57 Å². The molecule has 3 nitrogen and oxygen atoms in total. The van der Waals surface area contributed by atoms with Gasteiger partial charge < -0.3 is 4.84 Å². The third-order valence-corrected chi connectivity index (χ3v) is 1.61. The van der Waals surface area contributed by atoms with Crippen molar-refractivity contribution in [2.75, 3.05) is 7.11 Å². The number of hydrogen-bond acceptors (Lipinski definition) is 2. The molecule has 0 aliphatic carbocycles. The Kier molecular flexibility index (Phi) is 3.26. The molecule has 0 atom stereocenters. The Morgan fingerprint density at radius 1 is 1.58 bits per heavy atom. The molecular formula is C9H13N2O+. The molecule has 12 heavy (non-hydrogen) atoms. The Morgan fingerprint density at radius 2 is 2.42 bits per heavy atom. The average molecular weight is 165 g/mol. The Bertz CT molecular complexity index is 271. The highest BCUT2D eigenvalue weighted by atomic mass is 16.6. The van der Waals surface area contributed by atoms with Gasteiger partial charge in [0.05, 0.1) is 0 Å². The van der Waals surface area contributed by atoms with Crippen molar-refractivity contribution < 1.29 is 9.40 Å². The average Bonchev–Trinajstić information content (AvgIpc) is 2.15. The van der Waals surface area contributed by atoms with Gasteiger partial charge in [0.15, 0.2) is 6.20 Å². The highest BCUT2D eigenvalue weighted by Crippen LogP contribution is 1.87. The lowest BCUT2D eigenvalue weighted by atomic mass is 10.3. The Balaban J connectivity index is 2.89. The summed E-state index contributed by atoms with van der Waals surface area (Å²) in [7, 11) is 1.54. The number of aromatic nitrogens is 1. The van der Waals surface area contributed by atoms with Crippen LogP contribution in [0.25, 0.3) is 0 Å². The monoisotopic (exact) mass is 165 g/mol. The zero-order valence-corrected chi connectivity index (χ0v) is 7.40. The smallest absolute Gasteiger partial charge is 0.227 e. The van der Waals surface area contributed by atoms with E-state index < -0.39 is 0 Å². The molecule has 0 radical (unpaired) electrons. The zero-order valence-electron chi connectivity index (χ0n) is 7.40. The Hall–Kier alpha value is -1.38. The van der Waals surface area contributed by atoms with E-state index in [2.05, 4.69) is 21.5 Å². The van der Waals surface area contributed by atoms with E-state index in [1.54, 1.807) is 6.21 Å². The summed E-state index contributed by atoms with van der Waals surface area (Å²) in [4.78, 5) is 4.60. The number of hydrogen-bond donors (Lipinski definition) is 0. The standard InChI is InChI=1S/C9H13N2O/c1-3-11-7-5-4-6-9(11)8-10-12-2/h4-8H,3H2,1-2H3/q+1. The van der Waals surface area contributed by atoms with Gasteiger partial charge in [-0.15, -0.1) is 0 Å². The fourth-order valence-electron chi connectivity index (χ4n) is 1.00. The van der Waals surface area contributed by atoms with E-state index in [-0.39, 0.29) is 0 Å². The minimum Gasteiger partial charge on any atom is -0.399 e. The molecule has 1 heterocycles. The lowest BCUT2D eigenvalue weighted by molar-refractivity contribution is -0.694. The van der Waals surface area contributed by atoms with Crippen LogP contribution in [0.5, 0.6) is 0 Å². The number of rotatable bonds is 3. The molecule has 1 aromatic heterocycles. The van der Waals surface area contributed by atoms with Gasteiger partial charge >= 0.3 is 0 Å². The first-order chi connectivity index (χ1) is 5.88. The van der Waals surface area contributed by atoms with E-state index in [1.807, 2.05) is 24.4 Å². The third kappa shape index (κ3) is 2.05. The van der Waals surface area contributed by atoms with E-state index in [1.165, 1.54) is 7.11 Å². The summed E-state index contributed by atoms with van der Waals surface area (Å²) in [5, 5.41) is 3.70. The van der Waals surface area contributed by atoms with Crippen molar-refractivity contribution in [2.24, 2.45) is 5.16 Å². The highest BCUT2D eigenvalue weighted by Gasteiger charge is 2.02. The van der Waals surface area contributed by atoms with Crippen LogP contribution >= 0.6 is 0 Å². The van der Waals surface area contributed by atoms with Crippen molar-refractivity contribution in [3.05, 3.63) is 30.1 Å². The maximum atomic E-state index is 4.60. The largest absolute Gasteiger partial charge is 0.399 e. The summed E-state index contributed by atoms with van der Waals surface area (Å²) in [6, 6.07) is 5.96. The van der Waals surface area contributed by atoms with Gasteiger partial charge in [0.1, 0.15) is 19.9 Å². The first-order valence-electron chi connectivity index (χ1n) is 3.93. The number of nitrogens with zero attached hydrogens (tertiary/aromatic N) is 2. The summed E-state index contributed by atoms with van der Waals surface area (Å²) in [5.41, 5.74) is 1.04. The summed E-state index contributed by atoms with van der Waals surface area (Å²) in [6.07, 6.45) is 3.71. The molecular weight excluding hydrogens is 152 g/mol. The van der Waals surface area contributed by atoms with Gasteiger partial charge in [-0.3, -0.25) is 0 Å². The molecule has 0 aliphatic heterocycles. The maximum absolute atomic E-state index is 4.60. The van der Waals surface area contributed by atoms with Crippen LogP contribution in [-0.4, -0.2) is 13.3 Å². The summed E-state index contributed by atoms with van der Waals surface area (Å²) >= 11 is 0. The van der Waals surface area contributed by atoms with Crippen molar-refractivity contribution in [3.8, 4) is 0 Å². The lowest BCUT2D eigenvalue weighted by Gasteiger charge is -1.94.